The van der Waals surface area contributed by atoms with Crippen molar-refractivity contribution in [3.8, 4) is 17.4 Å². The van der Waals surface area contributed by atoms with E-state index in [1.165, 1.54) is 17.7 Å². The van der Waals surface area contributed by atoms with Crippen LogP contribution >= 0.6 is 11.3 Å². The molecule has 0 radical (unpaired) electrons. The Labute approximate surface area is 187 Å². The molecule has 158 valence electrons. The van der Waals surface area contributed by atoms with Crippen molar-refractivity contribution in [2.24, 2.45) is 0 Å². The molecule has 5 aromatic rings. The molecule has 0 aliphatic heterocycles. The Bertz CT molecular complexity index is 1390. The third-order valence-electron chi connectivity index (χ3n) is 4.68. The van der Waals surface area contributed by atoms with Crippen LogP contribution in [0.1, 0.15) is 21.2 Å². The molecule has 9 heteroatoms. The molecule has 0 atom stereocenters. The number of carbonyl (C=O) groups excluding carboxylic acids is 1. The SMILES string of the molecule is Cc1cc(C)n(-c2cc(Oc3ccc(NC(=O)c4nc5ccccc5s4)cc3)ncn2)n1. The van der Waals surface area contributed by atoms with Gasteiger partial charge in [-0.2, -0.15) is 5.10 Å². The standard InChI is InChI=1S/C23H18N6O2S/c1-14-11-15(2)29(28-14)20-12-21(25-13-24-20)31-17-9-7-16(8-10-17)26-22(30)23-27-18-5-3-4-6-19(18)32-23/h3-13H,1-2H3,(H,26,30). The molecule has 0 bridgehead atoms. The predicted octanol–water partition coefficient (Wildman–Crippen LogP) is 4.93. The van der Waals surface area contributed by atoms with Crippen LogP contribution in [0, 0.1) is 13.8 Å². The molecule has 1 amide bonds. The van der Waals surface area contributed by atoms with Gasteiger partial charge in [-0.25, -0.2) is 19.6 Å². The zero-order chi connectivity index (χ0) is 22.1. The summed E-state index contributed by atoms with van der Waals surface area (Å²) in [5, 5.41) is 7.72. The summed E-state index contributed by atoms with van der Waals surface area (Å²) in [5.74, 6) is 1.36. The first-order valence-corrected chi connectivity index (χ1v) is 10.7. The van der Waals surface area contributed by atoms with Crippen molar-refractivity contribution in [1.29, 1.82) is 0 Å². The Balaban J connectivity index is 1.28. The molecular weight excluding hydrogens is 424 g/mol. The number of fused-ring (bicyclic) bond motifs is 1. The number of benzene rings is 2. The first-order chi connectivity index (χ1) is 15.5. The number of aryl methyl sites for hydroxylation is 2. The molecule has 0 aliphatic rings. The third-order valence-corrected chi connectivity index (χ3v) is 5.71. The largest absolute Gasteiger partial charge is 0.439 e. The second kappa shape index (κ2) is 8.20. The van der Waals surface area contributed by atoms with Crippen LogP contribution in [0.2, 0.25) is 0 Å². The average Bonchev–Trinajstić information content (AvgIpc) is 3.38. The van der Waals surface area contributed by atoms with E-state index >= 15 is 0 Å². The van der Waals surface area contributed by atoms with Gasteiger partial charge >= 0.3 is 0 Å². The van der Waals surface area contributed by atoms with Crippen molar-refractivity contribution in [3.05, 3.63) is 83.4 Å². The van der Waals surface area contributed by atoms with E-state index in [9.17, 15) is 4.79 Å². The summed E-state index contributed by atoms with van der Waals surface area (Å²) < 4.78 is 8.57. The fourth-order valence-corrected chi connectivity index (χ4v) is 4.10. The maximum atomic E-state index is 12.5. The Morgan fingerprint density at radius 3 is 2.59 bits per heavy atom. The lowest BCUT2D eigenvalue weighted by Crippen LogP contribution is -2.11. The summed E-state index contributed by atoms with van der Waals surface area (Å²) in [7, 11) is 0. The lowest BCUT2D eigenvalue weighted by Gasteiger charge is -2.08. The number of nitrogens with zero attached hydrogens (tertiary/aromatic N) is 5. The van der Waals surface area contributed by atoms with Crippen molar-refractivity contribution in [1.82, 2.24) is 24.7 Å². The molecule has 0 spiro atoms. The molecule has 0 saturated carbocycles. The van der Waals surface area contributed by atoms with Crippen LogP contribution in [-0.2, 0) is 0 Å². The predicted molar refractivity (Wildman–Crippen MR) is 123 cm³/mol. The van der Waals surface area contributed by atoms with Gasteiger partial charge in [0.2, 0.25) is 5.88 Å². The summed E-state index contributed by atoms with van der Waals surface area (Å²) in [6, 6.07) is 18.4. The van der Waals surface area contributed by atoms with Gasteiger partial charge in [0.05, 0.1) is 15.9 Å². The number of anilines is 1. The summed E-state index contributed by atoms with van der Waals surface area (Å²) in [6.07, 6.45) is 1.44. The van der Waals surface area contributed by atoms with E-state index in [0.29, 0.717) is 28.1 Å². The maximum Gasteiger partial charge on any atom is 0.284 e. The molecular formula is C23H18N6O2S. The van der Waals surface area contributed by atoms with Crippen LogP contribution in [0.15, 0.2) is 67.0 Å². The van der Waals surface area contributed by atoms with Gasteiger partial charge in [0.25, 0.3) is 5.91 Å². The van der Waals surface area contributed by atoms with Crippen molar-refractivity contribution in [2.45, 2.75) is 13.8 Å². The fourth-order valence-electron chi connectivity index (χ4n) is 3.24. The molecule has 1 N–H and O–H groups in total. The molecule has 0 unspecified atom stereocenters. The topological polar surface area (TPSA) is 94.8 Å². The van der Waals surface area contributed by atoms with Crippen molar-refractivity contribution in [2.75, 3.05) is 5.32 Å². The van der Waals surface area contributed by atoms with Crippen LogP contribution in [0.5, 0.6) is 11.6 Å². The highest BCUT2D eigenvalue weighted by molar-refractivity contribution is 7.20. The summed E-state index contributed by atoms with van der Waals surface area (Å²) in [5.41, 5.74) is 3.34. The minimum Gasteiger partial charge on any atom is -0.439 e. The Hall–Kier alpha value is -4.11. The van der Waals surface area contributed by atoms with E-state index in [2.05, 4.69) is 25.4 Å². The first-order valence-electron chi connectivity index (χ1n) is 9.86. The van der Waals surface area contributed by atoms with E-state index < -0.39 is 0 Å². The highest BCUT2D eigenvalue weighted by Gasteiger charge is 2.13. The number of thiazole rings is 1. The highest BCUT2D eigenvalue weighted by atomic mass is 32.1. The van der Waals surface area contributed by atoms with E-state index in [4.69, 9.17) is 4.74 Å². The van der Waals surface area contributed by atoms with Crippen LogP contribution in [0.3, 0.4) is 0 Å². The van der Waals surface area contributed by atoms with Gasteiger partial charge in [-0.15, -0.1) is 11.3 Å². The van der Waals surface area contributed by atoms with E-state index in [-0.39, 0.29) is 5.91 Å². The highest BCUT2D eigenvalue weighted by Crippen LogP contribution is 2.25. The van der Waals surface area contributed by atoms with Crippen molar-refractivity contribution in [3.63, 3.8) is 0 Å². The van der Waals surface area contributed by atoms with Crippen LogP contribution in [0.4, 0.5) is 5.69 Å². The average molecular weight is 443 g/mol. The second-order valence-electron chi connectivity index (χ2n) is 7.12. The van der Waals surface area contributed by atoms with Gasteiger partial charge in [0.1, 0.15) is 12.1 Å². The van der Waals surface area contributed by atoms with Gasteiger partial charge in [0, 0.05) is 17.4 Å². The van der Waals surface area contributed by atoms with Crippen molar-refractivity contribution >= 4 is 33.1 Å². The molecule has 0 aliphatic carbocycles. The minimum absolute atomic E-state index is 0.245. The number of hydrogen-bond acceptors (Lipinski definition) is 7. The van der Waals surface area contributed by atoms with Crippen LogP contribution < -0.4 is 10.1 Å². The van der Waals surface area contributed by atoms with Crippen LogP contribution in [-0.4, -0.2) is 30.6 Å². The quantitative estimate of drug-likeness (QED) is 0.415. The van der Waals surface area contributed by atoms with Crippen molar-refractivity contribution < 1.29 is 9.53 Å². The number of nitrogens with one attached hydrogen (secondary N) is 1. The van der Waals surface area contributed by atoms with Gasteiger partial charge in [-0.1, -0.05) is 12.1 Å². The van der Waals surface area contributed by atoms with Gasteiger partial charge in [-0.05, 0) is 56.3 Å². The number of para-hydroxylation sites is 1. The normalized spacial score (nSPS) is 10.9. The second-order valence-corrected chi connectivity index (χ2v) is 8.15. The zero-order valence-corrected chi connectivity index (χ0v) is 18.1. The number of ether oxygens (including phenoxy) is 1. The number of rotatable bonds is 5. The summed E-state index contributed by atoms with van der Waals surface area (Å²) in [4.78, 5) is 25.4. The Kier molecular flexibility index (Phi) is 5.08. The molecule has 8 nitrogen and oxygen atoms in total. The summed E-state index contributed by atoms with van der Waals surface area (Å²) in [6.45, 7) is 3.89. The molecule has 0 fully saturated rings. The number of hydrogen-bond donors (Lipinski definition) is 1. The molecule has 3 aromatic heterocycles. The lowest BCUT2D eigenvalue weighted by molar-refractivity contribution is 0.102. The van der Waals surface area contributed by atoms with E-state index in [0.717, 1.165) is 21.6 Å². The molecule has 0 saturated heterocycles. The van der Waals surface area contributed by atoms with Gasteiger partial charge < -0.3 is 10.1 Å². The van der Waals surface area contributed by atoms with Crippen LogP contribution in [0.25, 0.3) is 16.0 Å². The first kappa shape index (κ1) is 19.8. The summed E-state index contributed by atoms with van der Waals surface area (Å²) >= 11 is 1.36. The minimum atomic E-state index is -0.245. The Morgan fingerprint density at radius 2 is 1.84 bits per heavy atom. The Morgan fingerprint density at radius 1 is 1.03 bits per heavy atom. The lowest BCUT2D eigenvalue weighted by atomic mass is 10.3. The maximum absolute atomic E-state index is 12.5. The smallest absolute Gasteiger partial charge is 0.284 e. The molecule has 5 rings (SSSR count). The van der Waals surface area contributed by atoms with Gasteiger partial charge in [-0.3, -0.25) is 4.79 Å². The molecule has 3 heterocycles. The van der Waals surface area contributed by atoms with E-state index in [1.54, 1.807) is 35.0 Å². The number of carbonyl (C=O) groups is 1. The van der Waals surface area contributed by atoms with E-state index in [1.807, 2.05) is 44.2 Å². The molecule has 32 heavy (non-hydrogen) atoms. The fraction of sp³-hybridized carbons (Fsp3) is 0.0870. The zero-order valence-electron chi connectivity index (χ0n) is 17.3. The van der Waals surface area contributed by atoms with Gasteiger partial charge in [0.15, 0.2) is 10.8 Å². The monoisotopic (exact) mass is 442 g/mol. The third kappa shape index (κ3) is 4.06. The number of amides is 1. The number of aromatic nitrogens is 5. The molecule has 2 aromatic carbocycles.